The largest absolute Gasteiger partial charge is 0.463 e. The Morgan fingerprint density at radius 3 is 2.50 bits per heavy atom. The van der Waals surface area contributed by atoms with Crippen molar-refractivity contribution in [2.75, 3.05) is 0 Å². The Hall–Kier alpha value is -0.860. The molecule has 26 heavy (non-hydrogen) atoms. The Kier molecular flexibility index (Phi) is 4.51. The predicted octanol–water partition coefficient (Wildman–Crippen LogP) is 5.17. The number of Topliss-reactive ketones (excluding diaryl/α,β-unsaturated/α-hetero) is 1. The van der Waals surface area contributed by atoms with Crippen LogP contribution in [0.25, 0.3) is 0 Å². The molecule has 0 unspecified atom stereocenters. The maximum Gasteiger partial charge on any atom is 0.302 e. The van der Waals surface area contributed by atoms with Crippen LogP contribution >= 0.6 is 0 Å². The van der Waals surface area contributed by atoms with E-state index in [-0.39, 0.29) is 12.1 Å². The van der Waals surface area contributed by atoms with Crippen LogP contribution in [0.5, 0.6) is 0 Å². The zero-order valence-corrected chi connectivity index (χ0v) is 17.1. The van der Waals surface area contributed by atoms with E-state index in [0.717, 1.165) is 37.0 Å². The van der Waals surface area contributed by atoms with E-state index in [2.05, 4.69) is 20.8 Å². The van der Waals surface area contributed by atoms with Crippen LogP contribution in [0.3, 0.4) is 0 Å². The summed E-state index contributed by atoms with van der Waals surface area (Å²) in [5.74, 6) is 3.90. The van der Waals surface area contributed by atoms with Crippen LogP contribution in [-0.4, -0.2) is 17.9 Å². The molecule has 4 fully saturated rings. The molecule has 0 radical (unpaired) electrons. The molecule has 0 aromatic rings. The van der Waals surface area contributed by atoms with Crippen LogP contribution < -0.4 is 0 Å². The standard InChI is InChI=1S/C23H36O3/c1-14(26-15(2)24)19-7-8-20-18-6-5-16-13-17(25)9-11-22(16,3)21(18)10-12-23(19,20)4/h14,16,18-21H,5-13H2,1-4H3/t14-,16+,18+,19-,20+,21+,22+,23-/m1/s1. The monoisotopic (exact) mass is 360 g/mol. The van der Waals surface area contributed by atoms with Gasteiger partial charge in [-0.3, -0.25) is 9.59 Å². The van der Waals surface area contributed by atoms with Gasteiger partial charge in [0.2, 0.25) is 0 Å². The first-order chi connectivity index (χ1) is 12.3. The van der Waals surface area contributed by atoms with Crippen LogP contribution in [0, 0.1) is 40.4 Å². The zero-order chi connectivity index (χ0) is 18.7. The van der Waals surface area contributed by atoms with Gasteiger partial charge in [-0.1, -0.05) is 13.8 Å². The van der Waals surface area contributed by atoms with Gasteiger partial charge in [0.15, 0.2) is 0 Å². The highest BCUT2D eigenvalue weighted by atomic mass is 16.5. The summed E-state index contributed by atoms with van der Waals surface area (Å²) in [5.41, 5.74) is 0.710. The molecule has 0 aromatic carbocycles. The molecule has 0 N–H and O–H groups in total. The molecule has 146 valence electrons. The molecule has 4 aliphatic carbocycles. The van der Waals surface area contributed by atoms with Gasteiger partial charge >= 0.3 is 5.97 Å². The Morgan fingerprint density at radius 2 is 1.77 bits per heavy atom. The minimum atomic E-state index is -0.141. The Bertz CT molecular complexity index is 598. The summed E-state index contributed by atoms with van der Waals surface area (Å²) in [5, 5.41) is 0. The second-order valence-electron chi connectivity index (χ2n) is 10.4. The molecule has 4 saturated carbocycles. The second-order valence-corrected chi connectivity index (χ2v) is 10.4. The van der Waals surface area contributed by atoms with Gasteiger partial charge in [-0.25, -0.2) is 0 Å². The minimum absolute atomic E-state index is 0.0401. The number of rotatable bonds is 2. The topological polar surface area (TPSA) is 43.4 Å². The third-order valence-electron chi connectivity index (χ3n) is 9.47. The molecule has 0 saturated heterocycles. The van der Waals surface area contributed by atoms with Crippen LogP contribution in [0.2, 0.25) is 0 Å². The van der Waals surface area contributed by atoms with Crippen molar-refractivity contribution < 1.29 is 14.3 Å². The van der Waals surface area contributed by atoms with Gasteiger partial charge in [0.25, 0.3) is 0 Å². The first-order valence-electron chi connectivity index (χ1n) is 10.9. The molecule has 0 heterocycles. The molecular weight excluding hydrogens is 324 g/mol. The van der Waals surface area contributed by atoms with Crippen molar-refractivity contribution in [3.8, 4) is 0 Å². The quantitative estimate of drug-likeness (QED) is 0.638. The van der Waals surface area contributed by atoms with E-state index in [1.54, 1.807) is 0 Å². The Morgan fingerprint density at radius 1 is 1.04 bits per heavy atom. The fourth-order valence-electron chi connectivity index (χ4n) is 8.20. The summed E-state index contributed by atoms with van der Waals surface area (Å²) in [6.07, 6.45) is 10.5. The fraction of sp³-hybridized carbons (Fsp3) is 0.913. The van der Waals surface area contributed by atoms with Crippen molar-refractivity contribution in [1.82, 2.24) is 0 Å². The number of carbonyl (C=O) groups excluding carboxylic acids is 2. The first kappa shape index (κ1) is 18.5. The van der Waals surface area contributed by atoms with E-state index < -0.39 is 0 Å². The molecule has 0 spiro atoms. The van der Waals surface area contributed by atoms with Gasteiger partial charge in [0.05, 0.1) is 0 Å². The van der Waals surface area contributed by atoms with Gasteiger partial charge in [-0.05, 0) is 86.4 Å². The van der Waals surface area contributed by atoms with E-state index in [1.165, 1.54) is 45.4 Å². The number of hydrogen-bond acceptors (Lipinski definition) is 3. The van der Waals surface area contributed by atoms with Crippen molar-refractivity contribution in [1.29, 1.82) is 0 Å². The van der Waals surface area contributed by atoms with Gasteiger partial charge in [0.1, 0.15) is 11.9 Å². The highest BCUT2D eigenvalue weighted by Crippen LogP contribution is 2.67. The van der Waals surface area contributed by atoms with E-state index in [4.69, 9.17) is 4.74 Å². The number of fused-ring (bicyclic) bond motifs is 5. The van der Waals surface area contributed by atoms with E-state index in [0.29, 0.717) is 28.4 Å². The summed E-state index contributed by atoms with van der Waals surface area (Å²) in [6, 6.07) is 0. The van der Waals surface area contributed by atoms with Gasteiger partial charge in [-0.15, -0.1) is 0 Å². The number of ether oxygens (including phenoxy) is 1. The van der Waals surface area contributed by atoms with E-state index in [1.807, 2.05) is 0 Å². The van der Waals surface area contributed by atoms with E-state index >= 15 is 0 Å². The lowest BCUT2D eigenvalue weighted by molar-refractivity contribution is -0.156. The van der Waals surface area contributed by atoms with Crippen LogP contribution in [-0.2, 0) is 14.3 Å². The van der Waals surface area contributed by atoms with Crippen molar-refractivity contribution >= 4 is 11.8 Å². The smallest absolute Gasteiger partial charge is 0.302 e. The molecule has 4 aliphatic rings. The van der Waals surface area contributed by atoms with Gasteiger partial charge < -0.3 is 4.74 Å². The molecule has 8 atom stereocenters. The highest BCUT2D eigenvalue weighted by Gasteiger charge is 2.61. The molecule has 4 rings (SSSR count). The summed E-state index contributed by atoms with van der Waals surface area (Å²) >= 11 is 0. The summed E-state index contributed by atoms with van der Waals surface area (Å²) in [4.78, 5) is 23.5. The SMILES string of the molecule is CC(=O)O[C@H](C)[C@H]1CC[C@H]2[C@@H]3CC[C@H]4CC(=O)CC[C@]4(C)[C@H]3CC[C@]12C. The Labute approximate surface area is 158 Å². The number of ketones is 1. The van der Waals surface area contributed by atoms with Gasteiger partial charge in [0, 0.05) is 25.7 Å². The molecular formula is C23H36O3. The number of esters is 1. The molecule has 0 bridgehead atoms. The third-order valence-corrected chi connectivity index (χ3v) is 9.47. The summed E-state index contributed by atoms with van der Waals surface area (Å²) in [6.45, 7) is 8.65. The van der Waals surface area contributed by atoms with Crippen molar-refractivity contribution in [3.05, 3.63) is 0 Å². The van der Waals surface area contributed by atoms with Crippen LogP contribution in [0.4, 0.5) is 0 Å². The van der Waals surface area contributed by atoms with Crippen molar-refractivity contribution in [2.24, 2.45) is 40.4 Å². The predicted molar refractivity (Wildman–Crippen MR) is 101 cm³/mol. The normalized spacial score (nSPS) is 48.9. The van der Waals surface area contributed by atoms with E-state index in [9.17, 15) is 9.59 Å². The van der Waals surface area contributed by atoms with Gasteiger partial charge in [-0.2, -0.15) is 0 Å². The molecule has 3 heteroatoms. The first-order valence-corrected chi connectivity index (χ1v) is 10.9. The number of carbonyl (C=O) groups is 2. The lowest BCUT2D eigenvalue weighted by Gasteiger charge is -2.60. The molecule has 0 aromatic heterocycles. The maximum atomic E-state index is 12.0. The van der Waals surface area contributed by atoms with Crippen molar-refractivity contribution in [3.63, 3.8) is 0 Å². The minimum Gasteiger partial charge on any atom is -0.463 e. The molecule has 0 aliphatic heterocycles. The van der Waals surface area contributed by atoms with Crippen molar-refractivity contribution in [2.45, 2.75) is 91.6 Å². The maximum absolute atomic E-state index is 12.0. The fourth-order valence-corrected chi connectivity index (χ4v) is 8.20. The number of hydrogen-bond donors (Lipinski definition) is 0. The Balaban J connectivity index is 1.56. The summed E-state index contributed by atoms with van der Waals surface area (Å²) < 4.78 is 5.63. The van der Waals surface area contributed by atoms with Crippen LogP contribution in [0.1, 0.15) is 85.5 Å². The lowest BCUT2D eigenvalue weighted by Crippen LogP contribution is -2.54. The lowest BCUT2D eigenvalue weighted by atomic mass is 9.44. The zero-order valence-electron chi connectivity index (χ0n) is 17.1. The molecule has 0 amide bonds. The average molecular weight is 361 g/mol. The highest BCUT2D eigenvalue weighted by molar-refractivity contribution is 5.79. The third kappa shape index (κ3) is 2.67. The second kappa shape index (κ2) is 6.34. The average Bonchev–Trinajstić information content (AvgIpc) is 2.92. The molecule has 3 nitrogen and oxygen atoms in total. The summed E-state index contributed by atoms with van der Waals surface area (Å²) in [7, 11) is 0. The van der Waals surface area contributed by atoms with Crippen LogP contribution in [0.15, 0.2) is 0 Å².